The van der Waals surface area contributed by atoms with Crippen molar-refractivity contribution in [2.75, 3.05) is 26.4 Å². The van der Waals surface area contributed by atoms with Gasteiger partial charge in [0, 0.05) is 0 Å². The van der Waals surface area contributed by atoms with E-state index in [1.165, 1.54) is 12.1 Å². The van der Waals surface area contributed by atoms with Crippen molar-refractivity contribution in [1.82, 2.24) is 0 Å². The third-order valence-corrected chi connectivity index (χ3v) is 5.99. The Morgan fingerprint density at radius 1 is 0.756 bits per heavy atom. The third kappa shape index (κ3) is 15.1. The summed E-state index contributed by atoms with van der Waals surface area (Å²) in [6, 6.07) is 3.27. The zero-order valence-corrected chi connectivity index (χ0v) is 25.0. The summed E-state index contributed by atoms with van der Waals surface area (Å²) in [7, 11) is 0. The zero-order chi connectivity index (χ0) is 30.8. The summed E-state index contributed by atoms with van der Waals surface area (Å²) in [5, 5.41) is 0. The summed E-state index contributed by atoms with van der Waals surface area (Å²) in [6.45, 7) is 11.7. The molecule has 0 bridgehead atoms. The second kappa shape index (κ2) is 19.5. The van der Waals surface area contributed by atoms with Crippen LogP contribution < -0.4 is 15.2 Å². The summed E-state index contributed by atoms with van der Waals surface area (Å²) in [5.41, 5.74) is 6.53. The van der Waals surface area contributed by atoms with Gasteiger partial charge in [-0.05, 0) is 49.3 Å². The predicted octanol–water partition coefficient (Wildman–Crippen LogP) is 5.56. The van der Waals surface area contributed by atoms with E-state index in [9.17, 15) is 19.2 Å². The van der Waals surface area contributed by atoms with Crippen LogP contribution in [-0.4, -0.2) is 63.0 Å². The van der Waals surface area contributed by atoms with Crippen LogP contribution in [-0.2, 0) is 34.9 Å². The van der Waals surface area contributed by atoms with Gasteiger partial charge in [0.15, 0.2) is 11.5 Å². The molecule has 1 aromatic rings. The van der Waals surface area contributed by atoms with Crippen molar-refractivity contribution >= 4 is 24.4 Å². The monoisotopic (exact) mass is 583 g/mol. The van der Waals surface area contributed by atoms with E-state index < -0.39 is 36.6 Å². The fourth-order valence-electron chi connectivity index (χ4n) is 2.92. The molecular formula is C29H45NO11. The fraction of sp³-hybridized carbons (Fsp3) is 0.655. The first-order valence-electron chi connectivity index (χ1n) is 14.1. The number of hydrogen-bond acceptors (Lipinski definition) is 12. The molecule has 1 aromatic carbocycles. The van der Waals surface area contributed by atoms with E-state index in [0.29, 0.717) is 5.56 Å². The zero-order valence-electron chi connectivity index (χ0n) is 25.0. The summed E-state index contributed by atoms with van der Waals surface area (Å²) in [5.74, 6) is -0.642. The van der Waals surface area contributed by atoms with Crippen molar-refractivity contribution in [3.05, 3.63) is 23.8 Å². The summed E-state index contributed by atoms with van der Waals surface area (Å²) in [4.78, 5) is 48.6. The Labute approximate surface area is 242 Å². The van der Waals surface area contributed by atoms with Crippen molar-refractivity contribution < 1.29 is 52.3 Å². The highest BCUT2D eigenvalue weighted by Crippen LogP contribution is 2.30. The Bertz CT molecular complexity index is 968. The Morgan fingerprint density at radius 3 is 1.88 bits per heavy atom. The number of nitrogens with two attached hydrogens (primary N) is 1. The van der Waals surface area contributed by atoms with E-state index in [1.807, 2.05) is 34.6 Å². The number of unbranched alkanes of at least 4 members (excludes halogenated alkanes) is 1. The van der Waals surface area contributed by atoms with Gasteiger partial charge < -0.3 is 38.9 Å². The summed E-state index contributed by atoms with van der Waals surface area (Å²) in [6.07, 6.45) is -0.323. The number of ether oxygens (including phenoxy) is 7. The third-order valence-electron chi connectivity index (χ3n) is 5.99. The highest BCUT2D eigenvalue weighted by atomic mass is 16.7. The van der Waals surface area contributed by atoms with Crippen LogP contribution in [0.2, 0.25) is 0 Å². The molecule has 1 rings (SSSR count). The fourth-order valence-corrected chi connectivity index (χ4v) is 2.92. The van der Waals surface area contributed by atoms with Gasteiger partial charge in [0.2, 0.25) is 0 Å². The second-order valence-electron chi connectivity index (χ2n) is 9.96. The van der Waals surface area contributed by atoms with Gasteiger partial charge >= 0.3 is 24.4 Å². The van der Waals surface area contributed by atoms with Crippen molar-refractivity contribution in [3.63, 3.8) is 0 Å². The van der Waals surface area contributed by atoms with Gasteiger partial charge in [0.25, 0.3) is 0 Å². The molecule has 0 aliphatic carbocycles. The molecule has 4 atom stereocenters. The summed E-state index contributed by atoms with van der Waals surface area (Å²) < 4.78 is 35.9. The van der Waals surface area contributed by atoms with Crippen molar-refractivity contribution in [2.24, 2.45) is 17.6 Å². The molecule has 0 saturated carbocycles. The van der Waals surface area contributed by atoms with Gasteiger partial charge in [-0.2, -0.15) is 0 Å². The predicted molar refractivity (Wildman–Crippen MR) is 149 cm³/mol. The van der Waals surface area contributed by atoms with Gasteiger partial charge in [-0.3, -0.25) is 4.79 Å². The van der Waals surface area contributed by atoms with Crippen LogP contribution in [0.4, 0.5) is 14.4 Å². The first kappa shape index (κ1) is 35.5. The maximum Gasteiger partial charge on any atom is 0.513 e. The molecule has 232 valence electrons. The van der Waals surface area contributed by atoms with Crippen LogP contribution in [0, 0.1) is 11.8 Å². The number of rotatable bonds is 17. The molecule has 0 spiro atoms. The smallest absolute Gasteiger partial charge is 0.458 e. The molecule has 12 heteroatoms. The first-order chi connectivity index (χ1) is 19.5. The number of benzene rings is 1. The van der Waals surface area contributed by atoms with E-state index >= 15 is 0 Å². The molecule has 0 saturated heterocycles. The molecule has 0 radical (unpaired) electrons. The van der Waals surface area contributed by atoms with Crippen LogP contribution in [0.15, 0.2) is 18.2 Å². The van der Waals surface area contributed by atoms with Crippen molar-refractivity contribution in [2.45, 2.75) is 85.8 Å². The molecule has 0 heterocycles. The molecule has 2 N–H and O–H groups in total. The van der Waals surface area contributed by atoms with E-state index in [1.54, 1.807) is 13.0 Å². The molecule has 0 fully saturated rings. The van der Waals surface area contributed by atoms with Crippen molar-refractivity contribution in [3.8, 4) is 11.5 Å². The molecule has 0 aromatic heterocycles. The lowest BCUT2D eigenvalue weighted by Crippen LogP contribution is -2.37. The molecule has 0 aliphatic rings. The Balaban J connectivity index is 2.84. The molecule has 0 aliphatic heterocycles. The highest BCUT2D eigenvalue weighted by Gasteiger charge is 2.22. The quantitative estimate of drug-likeness (QED) is 0.105. The van der Waals surface area contributed by atoms with Gasteiger partial charge in [0.1, 0.15) is 18.8 Å². The normalized spacial score (nSPS) is 13.6. The van der Waals surface area contributed by atoms with Crippen molar-refractivity contribution in [1.29, 1.82) is 0 Å². The van der Waals surface area contributed by atoms with Gasteiger partial charge in [-0.1, -0.05) is 59.9 Å². The van der Waals surface area contributed by atoms with E-state index in [0.717, 1.165) is 25.7 Å². The molecule has 41 heavy (non-hydrogen) atoms. The molecular weight excluding hydrogens is 538 g/mol. The summed E-state index contributed by atoms with van der Waals surface area (Å²) >= 11 is 0. The van der Waals surface area contributed by atoms with E-state index in [4.69, 9.17) is 38.9 Å². The number of carbonyl (C=O) groups is 4. The standard InChI is InChI=1S/C29H45NO11/c1-7-10-13-35-27(32)38-18-21(6)39-26(31)23(30)14-22-11-12-24(40-28(33)36-16-19(4)8-2)25(15-22)41-29(34)37-17-20(5)9-3/h11-12,15,19-21,23H,7-10,13-14,16-18,30H2,1-6H3/t19?,20?,21-,23-/m0/s1. The van der Waals surface area contributed by atoms with E-state index in [-0.39, 0.29) is 56.2 Å². The Morgan fingerprint density at radius 2 is 1.32 bits per heavy atom. The highest BCUT2D eigenvalue weighted by molar-refractivity contribution is 5.76. The molecule has 12 nitrogen and oxygen atoms in total. The van der Waals surface area contributed by atoms with Crippen LogP contribution in [0.1, 0.15) is 72.8 Å². The van der Waals surface area contributed by atoms with Gasteiger partial charge in [-0.15, -0.1) is 0 Å². The van der Waals surface area contributed by atoms with Crippen LogP contribution >= 0.6 is 0 Å². The largest absolute Gasteiger partial charge is 0.513 e. The SMILES string of the molecule is CCCCOC(=O)OC[C@H](C)OC(=O)[C@@H](N)Cc1ccc(OC(=O)OCC(C)CC)c(OC(=O)OCC(C)CC)c1. The molecule has 2 unspecified atom stereocenters. The lowest BCUT2D eigenvalue weighted by Gasteiger charge is -2.18. The Hall–Kier alpha value is -3.54. The second-order valence-corrected chi connectivity index (χ2v) is 9.96. The van der Waals surface area contributed by atoms with Gasteiger partial charge in [0.05, 0.1) is 19.8 Å². The minimum Gasteiger partial charge on any atom is -0.458 e. The number of esters is 1. The van der Waals surface area contributed by atoms with Gasteiger partial charge in [-0.25, -0.2) is 14.4 Å². The average Bonchev–Trinajstić information content (AvgIpc) is 2.94. The topological polar surface area (TPSA) is 159 Å². The van der Waals surface area contributed by atoms with Crippen LogP contribution in [0.25, 0.3) is 0 Å². The number of hydrogen-bond donors (Lipinski definition) is 1. The lowest BCUT2D eigenvalue weighted by atomic mass is 10.1. The first-order valence-corrected chi connectivity index (χ1v) is 14.1. The maximum absolute atomic E-state index is 12.5. The average molecular weight is 584 g/mol. The maximum atomic E-state index is 12.5. The Kier molecular flexibility index (Phi) is 16.9. The minimum absolute atomic E-state index is 0.00247. The molecule has 0 amide bonds. The van der Waals surface area contributed by atoms with Crippen LogP contribution in [0.5, 0.6) is 11.5 Å². The van der Waals surface area contributed by atoms with Crippen LogP contribution in [0.3, 0.4) is 0 Å². The lowest BCUT2D eigenvalue weighted by molar-refractivity contribution is -0.152. The minimum atomic E-state index is -1.09. The van der Waals surface area contributed by atoms with E-state index in [2.05, 4.69) is 0 Å². The number of carbonyl (C=O) groups excluding carboxylic acids is 4.